The lowest BCUT2D eigenvalue weighted by Crippen LogP contribution is -2.70. The molecule has 16 heteroatoms. The summed E-state index contributed by atoms with van der Waals surface area (Å²) in [4.78, 5) is 46.0. The smallest absolute Gasteiger partial charge is 0.412 e. The summed E-state index contributed by atoms with van der Waals surface area (Å²) in [5.41, 5.74) is 3.48. The van der Waals surface area contributed by atoms with Gasteiger partial charge in [0, 0.05) is 62.4 Å². The first-order valence-electron chi connectivity index (χ1n) is 21.8. The number of aliphatic hydroxyl groups is 2. The molecule has 2 aliphatic heterocycles. The van der Waals surface area contributed by atoms with Gasteiger partial charge in [0.1, 0.15) is 24.7 Å². The highest BCUT2D eigenvalue weighted by Gasteiger charge is 2.65. The number of fused-ring (bicyclic) bond motifs is 3. The van der Waals surface area contributed by atoms with Gasteiger partial charge in [0.15, 0.2) is 11.5 Å². The summed E-state index contributed by atoms with van der Waals surface area (Å²) in [5.74, 6) is -1.06. The van der Waals surface area contributed by atoms with Gasteiger partial charge < -0.3 is 49.0 Å². The van der Waals surface area contributed by atoms with E-state index in [0.717, 1.165) is 36.0 Å². The van der Waals surface area contributed by atoms with Crippen LogP contribution < -0.4 is 24.3 Å². The number of nitro benzene ring substituents is 1. The van der Waals surface area contributed by atoms with E-state index in [1.165, 1.54) is 25.3 Å². The SMILES string of the molecule is C=CCO[C@@]12Oc3ccc(OC(=O)NCC)cc3[C@H]3[C@H](CCCCO)[C@@H](CCCCO)C=C(C(=NOC)C[C@@H]1N(Cc1ccc4c(c1)OCO4)C(=O)C=Cc1ccc([N+](=O)[O-])cc1)[C@H]32. The Morgan fingerprint density at radius 1 is 1.02 bits per heavy atom. The minimum Gasteiger partial charge on any atom is -0.459 e. The van der Waals surface area contributed by atoms with Crippen LogP contribution in [0, 0.1) is 27.9 Å². The van der Waals surface area contributed by atoms with Crippen LogP contribution in [0.15, 0.2) is 96.2 Å². The number of non-ortho nitro benzene ring substituents is 1. The van der Waals surface area contributed by atoms with Crippen LogP contribution in [0.1, 0.15) is 74.5 Å². The zero-order valence-corrected chi connectivity index (χ0v) is 36.2. The number of rotatable bonds is 20. The molecular formula is C48H56N4O12. The van der Waals surface area contributed by atoms with E-state index in [2.05, 4.69) is 23.1 Å². The van der Waals surface area contributed by atoms with Crippen molar-refractivity contribution in [2.75, 3.05) is 40.3 Å². The van der Waals surface area contributed by atoms with E-state index in [4.69, 9.17) is 28.5 Å². The van der Waals surface area contributed by atoms with Crippen LogP contribution in [0.2, 0.25) is 0 Å². The molecule has 2 amide bonds. The molecule has 0 aromatic heterocycles. The van der Waals surface area contributed by atoms with Crippen molar-refractivity contribution in [1.82, 2.24) is 10.2 Å². The van der Waals surface area contributed by atoms with E-state index in [1.807, 2.05) is 18.2 Å². The van der Waals surface area contributed by atoms with E-state index in [9.17, 15) is 25.1 Å². The van der Waals surface area contributed by atoms with Crippen molar-refractivity contribution in [3.63, 3.8) is 0 Å². The van der Waals surface area contributed by atoms with Gasteiger partial charge in [-0.1, -0.05) is 36.2 Å². The van der Waals surface area contributed by atoms with Gasteiger partial charge in [0.25, 0.3) is 5.69 Å². The summed E-state index contributed by atoms with van der Waals surface area (Å²) in [6, 6.07) is 15.8. The molecule has 16 nitrogen and oxygen atoms in total. The van der Waals surface area contributed by atoms with Gasteiger partial charge in [-0.25, -0.2) is 4.79 Å². The van der Waals surface area contributed by atoms with Crippen molar-refractivity contribution in [1.29, 1.82) is 0 Å². The van der Waals surface area contributed by atoms with Gasteiger partial charge in [-0.2, -0.15) is 0 Å². The Kier molecular flexibility index (Phi) is 15.0. The second kappa shape index (κ2) is 21.0. The van der Waals surface area contributed by atoms with E-state index < -0.39 is 34.7 Å². The molecule has 0 bridgehead atoms. The number of hydrogen-bond donors (Lipinski definition) is 3. The fourth-order valence-electron chi connectivity index (χ4n) is 9.66. The highest BCUT2D eigenvalue weighted by atomic mass is 16.7. The quantitative estimate of drug-likeness (QED) is 0.0334. The van der Waals surface area contributed by atoms with Gasteiger partial charge in [0.2, 0.25) is 18.5 Å². The van der Waals surface area contributed by atoms with Crippen molar-refractivity contribution in [2.24, 2.45) is 22.9 Å². The number of nitro groups is 1. The average molecular weight is 881 g/mol. The zero-order chi connectivity index (χ0) is 45.2. The number of nitrogens with zero attached hydrogens (tertiary/aromatic N) is 3. The molecule has 0 radical (unpaired) electrons. The third kappa shape index (κ3) is 9.78. The fraction of sp³-hybridized carbons (Fsp3) is 0.438. The number of carbonyl (C=O) groups excluding carboxylic acids is 2. The largest absolute Gasteiger partial charge is 0.459 e. The van der Waals surface area contributed by atoms with Crippen molar-refractivity contribution in [2.45, 2.75) is 76.2 Å². The highest BCUT2D eigenvalue weighted by Crippen LogP contribution is 2.62. The lowest BCUT2D eigenvalue weighted by Gasteiger charge is -2.60. The molecule has 3 aromatic rings. The summed E-state index contributed by atoms with van der Waals surface area (Å²) in [6.07, 6.45) is 10.6. The van der Waals surface area contributed by atoms with Gasteiger partial charge in [-0.3, -0.25) is 14.9 Å². The number of benzene rings is 3. The molecular weight excluding hydrogens is 825 g/mol. The summed E-state index contributed by atoms with van der Waals surface area (Å²) in [5, 5.41) is 38.5. The van der Waals surface area contributed by atoms with Crippen LogP contribution in [-0.2, 0) is 20.9 Å². The summed E-state index contributed by atoms with van der Waals surface area (Å²) in [6.45, 7) is 6.47. The first-order chi connectivity index (χ1) is 31.1. The summed E-state index contributed by atoms with van der Waals surface area (Å²) in [7, 11) is 1.48. The number of carbonyl (C=O) groups is 2. The van der Waals surface area contributed by atoms with E-state index >= 15 is 4.79 Å². The van der Waals surface area contributed by atoms with Crippen LogP contribution >= 0.6 is 0 Å². The van der Waals surface area contributed by atoms with Crippen molar-refractivity contribution in [3.8, 4) is 23.0 Å². The molecule has 3 N–H and O–H groups in total. The highest BCUT2D eigenvalue weighted by molar-refractivity contribution is 6.03. The first kappa shape index (κ1) is 45.8. The third-order valence-corrected chi connectivity index (χ3v) is 12.3. The number of nitrogens with one attached hydrogen (secondary N) is 1. The topological polar surface area (TPSA) is 201 Å². The molecule has 2 aliphatic carbocycles. The minimum atomic E-state index is -1.56. The van der Waals surface area contributed by atoms with Gasteiger partial charge in [0.05, 0.1) is 23.2 Å². The maximum Gasteiger partial charge on any atom is 0.412 e. The Bertz CT molecular complexity index is 2260. The number of ether oxygens (including phenoxy) is 5. The van der Waals surface area contributed by atoms with Gasteiger partial charge in [-0.15, -0.1) is 6.58 Å². The Balaban J connectivity index is 1.43. The molecule has 64 heavy (non-hydrogen) atoms. The van der Waals surface area contributed by atoms with E-state index in [0.29, 0.717) is 60.1 Å². The van der Waals surface area contributed by atoms with Crippen LogP contribution in [0.25, 0.3) is 6.08 Å². The van der Waals surface area contributed by atoms with Crippen molar-refractivity contribution < 1.29 is 53.2 Å². The molecule has 340 valence electrons. The first-order valence-corrected chi connectivity index (χ1v) is 21.8. The molecule has 0 spiro atoms. The average Bonchev–Trinajstić information content (AvgIpc) is 3.77. The Morgan fingerprint density at radius 3 is 2.48 bits per heavy atom. The molecule has 0 saturated heterocycles. The number of allylic oxidation sites excluding steroid dienone is 1. The molecule has 1 fully saturated rings. The maximum absolute atomic E-state index is 15.1. The monoisotopic (exact) mass is 880 g/mol. The Morgan fingerprint density at radius 2 is 1.77 bits per heavy atom. The Hall–Kier alpha value is -6.23. The van der Waals surface area contributed by atoms with E-state index in [1.54, 1.807) is 54.3 Å². The number of oxime groups is 1. The fourth-order valence-corrected chi connectivity index (χ4v) is 9.66. The van der Waals surface area contributed by atoms with Crippen LogP contribution in [0.3, 0.4) is 0 Å². The van der Waals surface area contributed by atoms with Crippen molar-refractivity contribution >= 4 is 29.5 Å². The molecule has 3 aromatic carbocycles. The lowest BCUT2D eigenvalue weighted by molar-refractivity contribution is -0.384. The van der Waals surface area contributed by atoms with Crippen molar-refractivity contribution in [3.05, 3.63) is 118 Å². The molecule has 0 unspecified atom stereocenters. The Labute approximate surface area is 372 Å². The predicted octanol–water partition coefficient (Wildman–Crippen LogP) is 7.44. The molecule has 4 aliphatic rings. The van der Waals surface area contributed by atoms with Crippen LogP contribution in [0.4, 0.5) is 10.5 Å². The molecule has 2 heterocycles. The molecule has 6 atom stereocenters. The second-order valence-electron chi connectivity index (χ2n) is 16.2. The summed E-state index contributed by atoms with van der Waals surface area (Å²) >= 11 is 0. The summed E-state index contributed by atoms with van der Waals surface area (Å²) < 4.78 is 31.5. The number of aliphatic hydroxyl groups excluding tert-OH is 2. The predicted molar refractivity (Wildman–Crippen MR) is 237 cm³/mol. The van der Waals surface area contributed by atoms with Gasteiger partial charge in [-0.05, 0) is 110 Å². The zero-order valence-electron chi connectivity index (χ0n) is 36.2. The second-order valence-corrected chi connectivity index (χ2v) is 16.2. The lowest BCUT2D eigenvalue weighted by atomic mass is 9.55. The number of hydrogen-bond acceptors (Lipinski definition) is 13. The standard InChI is InChI=1S/C48H56N4O12/c1-4-24-62-48-43(51(29-32-14-19-41-42(25-32)61-30-60-41)44(55)21-15-31-12-16-34(17-13-31)52(57)58)28-39(50-59-3)37-26-33(10-6-8-22-53)36(11-7-9-23-54)45(46(37)48)38-27-35(18-20-40(38)64-48)63-47(56)49-5-2/h4,12-21,25-27,33,36,43,45-46,53-54H,1,5-11,22-24,28-30H2,2-3H3,(H,49,56)/t33-,36+,43-,45+,46+,48+/m0/s1. The number of amides is 2. The normalized spacial score (nSPS) is 23.3. The number of unbranched alkanes of at least 4 members (excludes halogenated alkanes) is 2. The maximum atomic E-state index is 15.1. The third-order valence-electron chi connectivity index (χ3n) is 12.3. The van der Waals surface area contributed by atoms with Crippen LogP contribution in [-0.4, -0.2) is 89.8 Å². The van der Waals surface area contributed by atoms with E-state index in [-0.39, 0.29) is 63.0 Å². The van der Waals surface area contributed by atoms with Gasteiger partial charge >= 0.3 is 6.09 Å². The minimum absolute atomic E-state index is 0.00730. The van der Waals surface area contributed by atoms with Crippen LogP contribution in [0.5, 0.6) is 23.0 Å². The molecule has 1 saturated carbocycles. The molecule has 7 rings (SSSR count).